The molecule has 0 aliphatic heterocycles. The molecular formula is C73H136NO8P. The highest BCUT2D eigenvalue weighted by Crippen LogP contribution is 2.43. The predicted octanol–water partition coefficient (Wildman–Crippen LogP) is 23.4. The highest BCUT2D eigenvalue weighted by molar-refractivity contribution is 7.47. The zero-order chi connectivity index (χ0) is 60.1. The number of nitrogens with two attached hydrogens (primary N) is 1. The van der Waals surface area contributed by atoms with Crippen LogP contribution in [0.1, 0.15) is 361 Å². The molecule has 0 aromatic rings. The van der Waals surface area contributed by atoms with Gasteiger partial charge in [0.15, 0.2) is 6.10 Å². The van der Waals surface area contributed by atoms with Gasteiger partial charge < -0.3 is 20.1 Å². The van der Waals surface area contributed by atoms with Crippen LogP contribution in [-0.2, 0) is 32.7 Å². The summed E-state index contributed by atoms with van der Waals surface area (Å²) in [7, 11) is -4.39. The van der Waals surface area contributed by atoms with Gasteiger partial charge in [-0.1, -0.05) is 351 Å². The first-order chi connectivity index (χ1) is 40.8. The molecule has 486 valence electrons. The Bertz CT molecular complexity index is 1540. The molecule has 3 N–H and O–H groups in total. The van der Waals surface area contributed by atoms with Crippen LogP contribution in [-0.4, -0.2) is 49.3 Å². The van der Waals surface area contributed by atoms with Crippen molar-refractivity contribution in [3.63, 3.8) is 0 Å². The first-order valence-corrected chi connectivity index (χ1v) is 37.3. The molecule has 0 saturated heterocycles. The van der Waals surface area contributed by atoms with Gasteiger partial charge in [0, 0.05) is 19.4 Å². The van der Waals surface area contributed by atoms with Gasteiger partial charge in [-0.3, -0.25) is 18.6 Å². The third kappa shape index (κ3) is 68.7. The standard InChI is InChI=1S/C73H136NO8P/c1-3-5-7-9-11-13-15-17-19-21-23-25-27-29-31-32-33-34-35-36-37-38-40-41-43-45-47-49-51-53-55-57-59-61-63-65-72(75)79-69-71(70-81-83(77,78)80-68-67-74)82-73(76)66-64-62-60-58-56-54-52-50-48-46-44-42-39-30-28-26-24-22-20-18-16-14-12-10-8-6-4-2/h6,8,12,14,18,20,24,26,30,39,71H,3-5,7,9-11,13,15-17,19,21-23,25,27-29,31-38,40-70,74H2,1-2H3,(H,77,78)/b8-6-,14-12-,20-18-,26-24-,39-30-. The summed E-state index contributed by atoms with van der Waals surface area (Å²) < 4.78 is 33.2. The average Bonchev–Trinajstić information content (AvgIpc) is 3.48. The van der Waals surface area contributed by atoms with E-state index in [-0.39, 0.29) is 38.6 Å². The molecule has 0 saturated carbocycles. The molecule has 0 amide bonds. The monoisotopic (exact) mass is 1190 g/mol. The third-order valence-electron chi connectivity index (χ3n) is 15.9. The van der Waals surface area contributed by atoms with Crippen molar-refractivity contribution in [1.82, 2.24) is 0 Å². The number of hydrogen-bond donors (Lipinski definition) is 2. The molecule has 0 fully saturated rings. The molecular weight excluding hydrogens is 1050 g/mol. The Hall–Kier alpha value is -2.29. The van der Waals surface area contributed by atoms with Gasteiger partial charge in [-0.05, 0) is 57.8 Å². The van der Waals surface area contributed by atoms with Crippen molar-refractivity contribution in [1.29, 1.82) is 0 Å². The third-order valence-corrected chi connectivity index (χ3v) is 16.9. The Morgan fingerprint density at radius 2 is 0.663 bits per heavy atom. The fourth-order valence-electron chi connectivity index (χ4n) is 10.7. The van der Waals surface area contributed by atoms with Gasteiger partial charge in [0.25, 0.3) is 0 Å². The van der Waals surface area contributed by atoms with Crippen molar-refractivity contribution in [2.75, 3.05) is 26.4 Å². The summed E-state index contributed by atoms with van der Waals surface area (Å²) in [6, 6.07) is 0. The number of carbonyl (C=O) groups excluding carboxylic acids is 2. The summed E-state index contributed by atoms with van der Waals surface area (Å²) in [5.74, 6) is -0.816. The second-order valence-corrected chi connectivity index (χ2v) is 25.5. The molecule has 0 aromatic carbocycles. The van der Waals surface area contributed by atoms with Crippen molar-refractivity contribution >= 4 is 19.8 Å². The molecule has 0 rings (SSSR count). The van der Waals surface area contributed by atoms with Crippen LogP contribution in [0.2, 0.25) is 0 Å². The van der Waals surface area contributed by atoms with E-state index in [0.717, 1.165) is 77.0 Å². The van der Waals surface area contributed by atoms with Crippen LogP contribution in [0.25, 0.3) is 0 Å². The fraction of sp³-hybridized carbons (Fsp3) is 0.836. The van der Waals surface area contributed by atoms with Gasteiger partial charge in [0.05, 0.1) is 13.2 Å². The zero-order valence-corrected chi connectivity index (χ0v) is 55.6. The first-order valence-electron chi connectivity index (χ1n) is 35.8. The topological polar surface area (TPSA) is 134 Å². The van der Waals surface area contributed by atoms with E-state index in [1.165, 1.54) is 250 Å². The van der Waals surface area contributed by atoms with E-state index < -0.39 is 26.5 Å². The Kier molecular flexibility index (Phi) is 66.9. The molecule has 0 aliphatic rings. The van der Waals surface area contributed by atoms with Crippen LogP contribution in [0.15, 0.2) is 60.8 Å². The zero-order valence-electron chi connectivity index (χ0n) is 54.7. The fourth-order valence-corrected chi connectivity index (χ4v) is 11.4. The molecule has 0 bridgehead atoms. The van der Waals surface area contributed by atoms with E-state index in [1.807, 2.05) is 0 Å². The second kappa shape index (κ2) is 68.8. The van der Waals surface area contributed by atoms with Gasteiger partial charge in [-0.25, -0.2) is 4.57 Å². The maximum atomic E-state index is 12.8. The molecule has 0 aliphatic carbocycles. The molecule has 2 atom stereocenters. The van der Waals surface area contributed by atoms with E-state index >= 15 is 0 Å². The van der Waals surface area contributed by atoms with E-state index in [2.05, 4.69) is 74.6 Å². The molecule has 9 nitrogen and oxygen atoms in total. The van der Waals surface area contributed by atoms with Crippen LogP contribution >= 0.6 is 7.82 Å². The number of carbonyl (C=O) groups is 2. The number of rotatable bonds is 68. The van der Waals surface area contributed by atoms with E-state index in [9.17, 15) is 19.0 Å². The minimum absolute atomic E-state index is 0.0528. The lowest BCUT2D eigenvalue weighted by Gasteiger charge is -2.19. The molecule has 0 radical (unpaired) electrons. The maximum Gasteiger partial charge on any atom is 0.472 e. The predicted molar refractivity (Wildman–Crippen MR) is 358 cm³/mol. The highest BCUT2D eigenvalue weighted by atomic mass is 31.2. The number of phosphoric ester groups is 1. The van der Waals surface area contributed by atoms with Crippen LogP contribution in [0.5, 0.6) is 0 Å². The summed E-state index contributed by atoms with van der Waals surface area (Å²) in [6.07, 6.45) is 89.0. The minimum Gasteiger partial charge on any atom is -0.462 e. The molecule has 83 heavy (non-hydrogen) atoms. The van der Waals surface area contributed by atoms with Crippen molar-refractivity contribution in [2.45, 2.75) is 367 Å². The first kappa shape index (κ1) is 80.7. The lowest BCUT2D eigenvalue weighted by molar-refractivity contribution is -0.161. The van der Waals surface area contributed by atoms with Gasteiger partial charge in [0.2, 0.25) is 0 Å². The largest absolute Gasteiger partial charge is 0.472 e. The molecule has 2 unspecified atom stereocenters. The molecule has 0 aromatic heterocycles. The number of hydrogen-bond acceptors (Lipinski definition) is 8. The molecule has 0 heterocycles. The average molecular weight is 1190 g/mol. The SMILES string of the molecule is CC/C=C\C/C=C\C/C=C\C/C=C\C/C=C\CCCCCCCCCCCCCC(=O)OC(COC(=O)CCCCCCCCCCCCCCCCCCCCCCCCCCCCCCCCCCCCC)COP(=O)(O)OCCN. The summed E-state index contributed by atoms with van der Waals surface area (Å²) in [5.41, 5.74) is 5.40. The quantitative estimate of drug-likeness (QED) is 0.0264. The van der Waals surface area contributed by atoms with Crippen molar-refractivity contribution in [2.24, 2.45) is 5.73 Å². The van der Waals surface area contributed by atoms with E-state index in [0.29, 0.717) is 6.42 Å². The molecule has 10 heteroatoms. The van der Waals surface area contributed by atoms with Crippen molar-refractivity contribution < 1.29 is 37.6 Å². The minimum atomic E-state index is -4.39. The van der Waals surface area contributed by atoms with Gasteiger partial charge >= 0.3 is 19.8 Å². The lowest BCUT2D eigenvalue weighted by atomic mass is 10.0. The summed E-state index contributed by atoms with van der Waals surface area (Å²) in [4.78, 5) is 35.4. The smallest absolute Gasteiger partial charge is 0.462 e. The second-order valence-electron chi connectivity index (χ2n) is 24.1. The Morgan fingerprint density at radius 1 is 0.373 bits per heavy atom. The normalized spacial score (nSPS) is 13.3. The van der Waals surface area contributed by atoms with Crippen LogP contribution in [0.4, 0.5) is 0 Å². The van der Waals surface area contributed by atoms with Crippen LogP contribution in [0, 0.1) is 0 Å². The van der Waals surface area contributed by atoms with Gasteiger partial charge in [-0.15, -0.1) is 0 Å². The summed E-state index contributed by atoms with van der Waals surface area (Å²) >= 11 is 0. The number of ether oxygens (including phenoxy) is 2. The van der Waals surface area contributed by atoms with Crippen LogP contribution in [0.3, 0.4) is 0 Å². The van der Waals surface area contributed by atoms with Gasteiger partial charge in [-0.2, -0.15) is 0 Å². The number of esters is 2. The van der Waals surface area contributed by atoms with E-state index in [1.54, 1.807) is 0 Å². The number of phosphoric acid groups is 1. The summed E-state index contributed by atoms with van der Waals surface area (Å²) in [5, 5.41) is 0. The van der Waals surface area contributed by atoms with Crippen molar-refractivity contribution in [3.05, 3.63) is 60.8 Å². The lowest BCUT2D eigenvalue weighted by Crippen LogP contribution is -2.29. The molecule has 0 spiro atoms. The Balaban J connectivity index is 3.81. The Morgan fingerprint density at radius 3 is 0.988 bits per heavy atom. The van der Waals surface area contributed by atoms with Crippen molar-refractivity contribution in [3.8, 4) is 0 Å². The van der Waals surface area contributed by atoms with E-state index in [4.69, 9.17) is 24.3 Å². The Labute approximate surface area is 514 Å². The number of unbranched alkanes of at least 4 members (excludes halogenated alkanes) is 45. The number of allylic oxidation sites excluding steroid dienone is 10. The summed E-state index contributed by atoms with van der Waals surface area (Å²) in [6.45, 7) is 3.69. The maximum absolute atomic E-state index is 12.8. The van der Waals surface area contributed by atoms with Crippen LogP contribution < -0.4 is 5.73 Å². The van der Waals surface area contributed by atoms with Gasteiger partial charge in [0.1, 0.15) is 6.61 Å². The highest BCUT2D eigenvalue weighted by Gasteiger charge is 2.26.